The van der Waals surface area contributed by atoms with Crippen LogP contribution in [-0.4, -0.2) is 4.98 Å². The molecule has 0 bridgehead atoms. The lowest BCUT2D eigenvalue weighted by Crippen LogP contribution is -2.07. The van der Waals surface area contributed by atoms with Crippen molar-refractivity contribution in [3.05, 3.63) is 53.7 Å². The van der Waals surface area contributed by atoms with Crippen molar-refractivity contribution in [1.29, 1.82) is 0 Å². The van der Waals surface area contributed by atoms with Gasteiger partial charge in [-0.15, -0.1) is 0 Å². The van der Waals surface area contributed by atoms with Gasteiger partial charge in [-0.1, -0.05) is 17.8 Å². The Morgan fingerprint density at radius 1 is 1.28 bits per heavy atom. The van der Waals surface area contributed by atoms with Crippen molar-refractivity contribution < 1.29 is 8.78 Å². The summed E-state index contributed by atoms with van der Waals surface area (Å²) >= 11 is 1.08. The molecule has 1 atom stereocenters. The first-order chi connectivity index (χ1) is 8.58. The van der Waals surface area contributed by atoms with Crippen LogP contribution in [0.4, 0.5) is 8.78 Å². The van der Waals surface area contributed by atoms with E-state index in [1.165, 1.54) is 0 Å². The average molecular weight is 266 g/mol. The van der Waals surface area contributed by atoms with Gasteiger partial charge in [0.25, 0.3) is 0 Å². The molecule has 1 heterocycles. The zero-order valence-corrected chi connectivity index (χ0v) is 10.5. The largest absolute Gasteiger partial charge is 0.324 e. The molecule has 94 valence electrons. The number of aromatic nitrogens is 1. The van der Waals surface area contributed by atoms with Gasteiger partial charge in [-0.25, -0.2) is 13.8 Å². The molecule has 2 aromatic rings. The third-order valence-corrected chi connectivity index (χ3v) is 3.46. The second-order valence-electron chi connectivity index (χ2n) is 3.86. The maximum absolute atomic E-state index is 13.5. The molecule has 0 saturated heterocycles. The first-order valence-electron chi connectivity index (χ1n) is 5.41. The smallest absolute Gasteiger partial charge is 0.137 e. The van der Waals surface area contributed by atoms with Crippen molar-refractivity contribution in [2.24, 2.45) is 5.73 Å². The van der Waals surface area contributed by atoms with Gasteiger partial charge in [0.1, 0.15) is 16.7 Å². The van der Waals surface area contributed by atoms with Crippen LogP contribution in [0, 0.1) is 11.6 Å². The maximum Gasteiger partial charge on any atom is 0.137 e. The highest BCUT2D eigenvalue weighted by Crippen LogP contribution is 2.32. The summed E-state index contributed by atoms with van der Waals surface area (Å²) in [5.41, 5.74) is 6.63. The Balaban J connectivity index is 2.37. The Labute approximate surface area is 108 Å². The third kappa shape index (κ3) is 2.86. The molecule has 0 aliphatic carbocycles. The molecule has 0 aliphatic heterocycles. The van der Waals surface area contributed by atoms with E-state index in [-0.39, 0.29) is 10.9 Å². The molecule has 0 unspecified atom stereocenters. The molecule has 0 radical (unpaired) electrons. The fraction of sp³-hybridized carbons (Fsp3) is 0.154. The van der Waals surface area contributed by atoms with Crippen LogP contribution in [-0.2, 0) is 0 Å². The van der Waals surface area contributed by atoms with E-state index in [2.05, 4.69) is 4.98 Å². The molecule has 0 amide bonds. The van der Waals surface area contributed by atoms with E-state index < -0.39 is 11.6 Å². The molecule has 0 fully saturated rings. The Morgan fingerprint density at radius 2 is 2.06 bits per heavy atom. The molecule has 0 spiro atoms. The average Bonchev–Trinajstić information content (AvgIpc) is 2.34. The summed E-state index contributed by atoms with van der Waals surface area (Å²) in [6.07, 6.45) is 1.60. The first kappa shape index (κ1) is 13.0. The van der Waals surface area contributed by atoms with Crippen molar-refractivity contribution in [3.63, 3.8) is 0 Å². The van der Waals surface area contributed by atoms with Crippen molar-refractivity contribution in [1.82, 2.24) is 4.98 Å². The topological polar surface area (TPSA) is 38.9 Å². The predicted molar refractivity (Wildman–Crippen MR) is 67.3 cm³/mol. The van der Waals surface area contributed by atoms with Crippen LogP contribution in [0.5, 0.6) is 0 Å². The van der Waals surface area contributed by atoms with Gasteiger partial charge in [-0.05, 0) is 31.2 Å². The number of hydrogen-bond donors (Lipinski definition) is 1. The molecule has 1 aromatic heterocycles. The Bertz CT molecular complexity index is 558. The molecule has 18 heavy (non-hydrogen) atoms. The van der Waals surface area contributed by atoms with Gasteiger partial charge in [0.05, 0.1) is 4.90 Å². The zero-order chi connectivity index (χ0) is 13.1. The molecule has 2 N–H and O–H groups in total. The van der Waals surface area contributed by atoms with Gasteiger partial charge in [0, 0.05) is 17.8 Å². The minimum Gasteiger partial charge on any atom is -0.324 e. The van der Waals surface area contributed by atoms with Crippen LogP contribution >= 0.6 is 11.8 Å². The second kappa shape index (κ2) is 5.46. The minimum atomic E-state index is -0.475. The summed E-state index contributed by atoms with van der Waals surface area (Å²) in [4.78, 5) is 4.36. The molecule has 1 aromatic carbocycles. The molecule has 2 nitrogen and oxygen atoms in total. The van der Waals surface area contributed by atoms with Crippen molar-refractivity contribution in [3.8, 4) is 0 Å². The summed E-state index contributed by atoms with van der Waals surface area (Å²) in [5, 5.41) is 0.594. The molecule has 0 aliphatic rings. The number of rotatable bonds is 3. The van der Waals surface area contributed by atoms with Crippen molar-refractivity contribution in [2.45, 2.75) is 22.9 Å². The van der Waals surface area contributed by atoms with Gasteiger partial charge >= 0.3 is 0 Å². The Morgan fingerprint density at radius 3 is 2.78 bits per heavy atom. The molecular weight excluding hydrogens is 254 g/mol. The summed E-state index contributed by atoms with van der Waals surface area (Å²) in [6, 6.07) is 6.73. The summed E-state index contributed by atoms with van der Waals surface area (Å²) in [6.45, 7) is 1.82. The molecule has 5 heteroatoms. The van der Waals surface area contributed by atoms with E-state index in [1.54, 1.807) is 12.3 Å². The van der Waals surface area contributed by atoms with Crippen LogP contribution in [0.25, 0.3) is 0 Å². The van der Waals surface area contributed by atoms with Crippen LogP contribution < -0.4 is 5.73 Å². The van der Waals surface area contributed by atoms with Crippen molar-refractivity contribution >= 4 is 11.8 Å². The lowest BCUT2D eigenvalue weighted by atomic mass is 10.2. The van der Waals surface area contributed by atoms with Crippen LogP contribution in [0.3, 0.4) is 0 Å². The van der Waals surface area contributed by atoms with Gasteiger partial charge < -0.3 is 5.73 Å². The predicted octanol–water partition coefficient (Wildman–Crippen LogP) is 3.53. The van der Waals surface area contributed by atoms with Gasteiger partial charge in [-0.2, -0.15) is 0 Å². The van der Waals surface area contributed by atoms with E-state index in [1.807, 2.05) is 13.0 Å². The Hall–Kier alpha value is -1.46. The van der Waals surface area contributed by atoms with Gasteiger partial charge in [0.2, 0.25) is 0 Å². The van der Waals surface area contributed by atoms with Crippen LogP contribution in [0.1, 0.15) is 18.5 Å². The summed E-state index contributed by atoms with van der Waals surface area (Å²) < 4.78 is 26.6. The van der Waals surface area contributed by atoms with Gasteiger partial charge in [-0.3, -0.25) is 0 Å². The molecule has 2 rings (SSSR count). The highest BCUT2D eigenvalue weighted by Gasteiger charge is 2.12. The number of hydrogen-bond acceptors (Lipinski definition) is 3. The normalized spacial score (nSPS) is 12.4. The second-order valence-corrected chi connectivity index (χ2v) is 4.89. The third-order valence-electron chi connectivity index (χ3n) is 2.39. The number of halogens is 2. The Kier molecular flexibility index (Phi) is 3.93. The lowest BCUT2D eigenvalue weighted by molar-refractivity contribution is 0.577. The highest BCUT2D eigenvalue weighted by molar-refractivity contribution is 7.99. The quantitative estimate of drug-likeness (QED) is 0.923. The fourth-order valence-corrected chi connectivity index (χ4v) is 2.53. The molecule has 0 saturated carbocycles. The van der Waals surface area contributed by atoms with E-state index in [9.17, 15) is 8.78 Å². The maximum atomic E-state index is 13.5. The lowest BCUT2D eigenvalue weighted by Gasteiger charge is -2.11. The molecular formula is C13H12F2N2S. The van der Waals surface area contributed by atoms with E-state index >= 15 is 0 Å². The number of pyridine rings is 1. The standard InChI is InChI=1S/C13H12F2N2S/c1-8(16)10-3-2-6-17-13(10)18-12-7-9(14)4-5-11(12)15/h2-8H,16H2,1H3/t8-/m0/s1. The number of benzene rings is 1. The zero-order valence-electron chi connectivity index (χ0n) is 9.73. The fourth-order valence-electron chi connectivity index (χ4n) is 1.49. The van der Waals surface area contributed by atoms with Crippen LogP contribution in [0.15, 0.2) is 46.5 Å². The van der Waals surface area contributed by atoms with Gasteiger partial charge in [0.15, 0.2) is 0 Å². The summed E-state index contributed by atoms with van der Waals surface area (Å²) in [7, 11) is 0. The van der Waals surface area contributed by atoms with Crippen molar-refractivity contribution in [2.75, 3.05) is 0 Å². The van der Waals surface area contributed by atoms with E-state index in [0.717, 1.165) is 35.5 Å². The SMILES string of the molecule is C[C@H](N)c1cccnc1Sc1cc(F)ccc1F. The van der Waals surface area contributed by atoms with E-state index in [4.69, 9.17) is 5.73 Å². The first-order valence-corrected chi connectivity index (χ1v) is 6.23. The number of nitrogens with two attached hydrogens (primary N) is 1. The highest BCUT2D eigenvalue weighted by atomic mass is 32.2. The minimum absolute atomic E-state index is 0.204. The monoisotopic (exact) mass is 266 g/mol. The van der Waals surface area contributed by atoms with Crippen LogP contribution in [0.2, 0.25) is 0 Å². The number of nitrogens with zero attached hydrogens (tertiary/aromatic N) is 1. The van der Waals surface area contributed by atoms with E-state index in [0.29, 0.717) is 5.03 Å². The summed E-state index contributed by atoms with van der Waals surface area (Å²) in [5.74, 6) is -0.945.